The van der Waals surface area contributed by atoms with E-state index in [4.69, 9.17) is 9.84 Å². The second-order valence-corrected chi connectivity index (χ2v) is 4.59. The number of pyridine rings is 1. The first kappa shape index (κ1) is 14.3. The Kier molecular flexibility index (Phi) is 4.52. The van der Waals surface area contributed by atoms with Crippen LogP contribution in [0.5, 0.6) is 0 Å². The third kappa shape index (κ3) is 3.45. The standard InChI is InChI=1S/C13H17N3O4/c1-15(10-3-2-4-14-8-10)13(19)16-5-6-20-11(9-16)7-12(17)18/h2-4,8,11H,5-7,9H2,1H3,(H,17,18). The van der Waals surface area contributed by atoms with Gasteiger partial charge >= 0.3 is 12.0 Å². The Hall–Kier alpha value is -2.15. The first-order valence-corrected chi connectivity index (χ1v) is 6.34. The minimum atomic E-state index is -0.926. The molecule has 7 heteroatoms. The molecule has 1 N–H and O–H groups in total. The van der Waals surface area contributed by atoms with Crippen LogP contribution >= 0.6 is 0 Å². The fourth-order valence-corrected chi connectivity index (χ4v) is 2.09. The van der Waals surface area contributed by atoms with Gasteiger partial charge in [0, 0.05) is 26.3 Å². The number of hydrogen-bond acceptors (Lipinski definition) is 4. The van der Waals surface area contributed by atoms with Crippen molar-refractivity contribution in [3.8, 4) is 0 Å². The van der Waals surface area contributed by atoms with E-state index in [-0.39, 0.29) is 19.0 Å². The Morgan fingerprint density at radius 1 is 1.60 bits per heavy atom. The summed E-state index contributed by atoms with van der Waals surface area (Å²) in [5.74, 6) is -0.926. The van der Waals surface area contributed by atoms with Crippen LogP contribution in [0.2, 0.25) is 0 Å². The number of nitrogens with zero attached hydrogens (tertiary/aromatic N) is 3. The smallest absolute Gasteiger partial charge is 0.324 e. The molecule has 1 aliphatic rings. The lowest BCUT2D eigenvalue weighted by atomic mass is 10.2. The number of ether oxygens (including phenoxy) is 1. The largest absolute Gasteiger partial charge is 0.481 e. The van der Waals surface area contributed by atoms with E-state index < -0.39 is 12.1 Å². The van der Waals surface area contributed by atoms with Gasteiger partial charge in [-0.2, -0.15) is 0 Å². The highest BCUT2D eigenvalue weighted by Gasteiger charge is 2.28. The molecule has 0 radical (unpaired) electrons. The van der Waals surface area contributed by atoms with Crippen LogP contribution in [0, 0.1) is 0 Å². The highest BCUT2D eigenvalue weighted by molar-refractivity contribution is 5.91. The molecule has 2 heterocycles. The highest BCUT2D eigenvalue weighted by Crippen LogP contribution is 2.15. The van der Waals surface area contributed by atoms with E-state index >= 15 is 0 Å². The molecule has 7 nitrogen and oxygen atoms in total. The summed E-state index contributed by atoms with van der Waals surface area (Å²) in [6.07, 6.45) is 2.69. The number of urea groups is 1. The van der Waals surface area contributed by atoms with Gasteiger partial charge in [-0.15, -0.1) is 0 Å². The topological polar surface area (TPSA) is 83.0 Å². The zero-order valence-electron chi connectivity index (χ0n) is 11.2. The van der Waals surface area contributed by atoms with Crippen molar-refractivity contribution < 1.29 is 19.4 Å². The van der Waals surface area contributed by atoms with Gasteiger partial charge in [0.25, 0.3) is 0 Å². The molecule has 0 aromatic carbocycles. The minimum Gasteiger partial charge on any atom is -0.481 e. The summed E-state index contributed by atoms with van der Waals surface area (Å²) in [7, 11) is 1.67. The van der Waals surface area contributed by atoms with Crippen molar-refractivity contribution in [2.75, 3.05) is 31.6 Å². The van der Waals surface area contributed by atoms with Gasteiger partial charge in [0.1, 0.15) is 0 Å². The number of carboxylic acids is 1. The van der Waals surface area contributed by atoms with E-state index in [1.54, 1.807) is 36.5 Å². The van der Waals surface area contributed by atoms with Crippen molar-refractivity contribution in [1.29, 1.82) is 0 Å². The van der Waals surface area contributed by atoms with Crippen molar-refractivity contribution in [2.24, 2.45) is 0 Å². The fraction of sp³-hybridized carbons (Fsp3) is 0.462. The van der Waals surface area contributed by atoms with Crippen molar-refractivity contribution in [1.82, 2.24) is 9.88 Å². The average Bonchev–Trinajstić information content (AvgIpc) is 2.46. The number of hydrogen-bond donors (Lipinski definition) is 1. The number of aliphatic carboxylic acids is 1. The van der Waals surface area contributed by atoms with Gasteiger partial charge < -0.3 is 14.7 Å². The number of morpholine rings is 1. The molecule has 0 spiro atoms. The molecule has 1 aliphatic heterocycles. The predicted molar refractivity (Wildman–Crippen MR) is 71.6 cm³/mol. The van der Waals surface area contributed by atoms with Crippen LogP contribution in [0.4, 0.5) is 10.5 Å². The highest BCUT2D eigenvalue weighted by atomic mass is 16.5. The zero-order valence-corrected chi connectivity index (χ0v) is 11.2. The van der Waals surface area contributed by atoms with E-state index in [0.29, 0.717) is 18.8 Å². The van der Waals surface area contributed by atoms with Gasteiger partial charge in [0.2, 0.25) is 0 Å². The number of aromatic nitrogens is 1. The van der Waals surface area contributed by atoms with Crippen LogP contribution in [-0.2, 0) is 9.53 Å². The van der Waals surface area contributed by atoms with Crippen LogP contribution in [0.15, 0.2) is 24.5 Å². The lowest BCUT2D eigenvalue weighted by molar-refractivity contribution is -0.141. The van der Waals surface area contributed by atoms with Crippen LogP contribution in [-0.4, -0.2) is 59.8 Å². The van der Waals surface area contributed by atoms with E-state index in [1.165, 1.54) is 4.90 Å². The monoisotopic (exact) mass is 279 g/mol. The summed E-state index contributed by atoms with van der Waals surface area (Å²) in [5.41, 5.74) is 0.693. The molecule has 1 saturated heterocycles. The van der Waals surface area contributed by atoms with Crippen LogP contribution < -0.4 is 4.90 Å². The number of rotatable bonds is 3. The van der Waals surface area contributed by atoms with Crippen molar-refractivity contribution >= 4 is 17.7 Å². The van der Waals surface area contributed by atoms with Gasteiger partial charge in [-0.1, -0.05) is 0 Å². The molecule has 2 amide bonds. The van der Waals surface area contributed by atoms with Crippen molar-refractivity contribution in [2.45, 2.75) is 12.5 Å². The van der Waals surface area contributed by atoms with Gasteiger partial charge in [-0.05, 0) is 12.1 Å². The average molecular weight is 279 g/mol. The summed E-state index contributed by atoms with van der Waals surface area (Å²) in [4.78, 5) is 30.1. The van der Waals surface area contributed by atoms with Gasteiger partial charge in [-0.25, -0.2) is 4.79 Å². The molecular weight excluding hydrogens is 262 g/mol. The summed E-state index contributed by atoms with van der Waals surface area (Å²) in [5, 5.41) is 8.78. The molecule has 0 saturated carbocycles. The molecule has 1 atom stereocenters. The Labute approximate surface area is 116 Å². The molecule has 108 valence electrons. The molecule has 1 aromatic rings. The SMILES string of the molecule is CN(C(=O)N1CCOC(CC(=O)O)C1)c1cccnc1. The zero-order chi connectivity index (χ0) is 14.5. The first-order valence-electron chi connectivity index (χ1n) is 6.34. The molecule has 20 heavy (non-hydrogen) atoms. The second-order valence-electron chi connectivity index (χ2n) is 4.59. The molecule has 0 aliphatic carbocycles. The summed E-state index contributed by atoms with van der Waals surface area (Å²) in [6.45, 7) is 1.10. The summed E-state index contributed by atoms with van der Waals surface area (Å²) >= 11 is 0. The Morgan fingerprint density at radius 3 is 3.05 bits per heavy atom. The predicted octanol–water partition coefficient (Wildman–Crippen LogP) is 0.813. The normalized spacial score (nSPS) is 18.6. The molecule has 1 aromatic heterocycles. The molecule has 2 rings (SSSR count). The maximum absolute atomic E-state index is 12.4. The van der Waals surface area contributed by atoms with E-state index in [9.17, 15) is 9.59 Å². The maximum Gasteiger partial charge on any atom is 0.324 e. The van der Waals surface area contributed by atoms with Gasteiger partial charge in [-0.3, -0.25) is 14.7 Å². The van der Waals surface area contributed by atoms with E-state index in [2.05, 4.69) is 4.98 Å². The van der Waals surface area contributed by atoms with E-state index in [1.807, 2.05) is 0 Å². The molecule has 0 bridgehead atoms. The maximum atomic E-state index is 12.4. The fourth-order valence-electron chi connectivity index (χ4n) is 2.09. The van der Waals surface area contributed by atoms with Crippen LogP contribution in [0.1, 0.15) is 6.42 Å². The quantitative estimate of drug-likeness (QED) is 0.885. The minimum absolute atomic E-state index is 0.0968. The number of carbonyl (C=O) groups is 2. The number of carboxylic acid groups (broad SMARTS) is 1. The first-order chi connectivity index (χ1) is 9.58. The van der Waals surface area contributed by atoms with Gasteiger partial charge in [0.05, 0.1) is 31.0 Å². The van der Waals surface area contributed by atoms with Crippen molar-refractivity contribution in [3.63, 3.8) is 0 Å². The molecule has 1 fully saturated rings. The third-order valence-electron chi connectivity index (χ3n) is 3.13. The van der Waals surface area contributed by atoms with Crippen molar-refractivity contribution in [3.05, 3.63) is 24.5 Å². The van der Waals surface area contributed by atoms with Gasteiger partial charge in [0.15, 0.2) is 0 Å². The summed E-state index contributed by atoms with van der Waals surface area (Å²) < 4.78 is 5.35. The summed E-state index contributed by atoms with van der Waals surface area (Å²) in [6, 6.07) is 3.36. The van der Waals surface area contributed by atoms with Crippen LogP contribution in [0.3, 0.4) is 0 Å². The molecule has 1 unspecified atom stereocenters. The Bertz CT molecular complexity index is 480. The number of anilines is 1. The second kappa shape index (κ2) is 6.33. The Morgan fingerprint density at radius 2 is 2.40 bits per heavy atom. The number of amides is 2. The lowest BCUT2D eigenvalue weighted by Crippen LogP contribution is -2.50. The molecular formula is C13H17N3O4. The third-order valence-corrected chi connectivity index (χ3v) is 3.13. The van der Waals surface area contributed by atoms with Crippen LogP contribution in [0.25, 0.3) is 0 Å². The lowest BCUT2D eigenvalue weighted by Gasteiger charge is -2.34. The van der Waals surface area contributed by atoms with E-state index in [0.717, 1.165) is 0 Å². The number of carbonyl (C=O) groups excluding carboxylic acids is 1. The Balaban J connectivity index is 1.99.